The molecule has 0 heterocycles. The molecule has 1 rings (SSSR count). The van der Waals surface area contributed by atoms with E-state index < -0.39 is 34.9 Å². The Morgan fingerprint density at radius 3 is 2.67 bits per heavy atom. The molecule has 0 aliphatic heterocycles. The van der Waals surface area contributed by atoms with E-state index >= 15 is 0 Å². The number of carboxylic acids is 1. The maximum absolute atomic E-state index is 13.6. The molecular weight excluding hydrogens is 248 g/mol. The maximum atomic E-state index is 13.6. The Balaban J connectivity index is 3.00. The number of benzene rings is 1. The van der Waals surface area contributed by atoms with E-state index in [9.17, 15) is 18.4 Å². The monoisotopic (exact) mass is 257 g/mol. The number of amides is 1. The van der Waals surface area contributed by atoms with Gasteiger partial charge in [-0.2, -0.15) is 0 Å². The van der Waals surface area contributed by atoms with Crippen LogP contribution in [0.5, 0.6) is 0 Å². The number of hydrogen-bond acceptors (Lipinski definition) is 3. The fourth-order valence-electron chi connectivity index (χ4n) is 1.11. The van der Waals surface area contributed by atoms with Crippen molar-refractivity contribution < 1.29 is 28.2 Å². The van der Waals surface area contributed by atoms with Crippen molar-refractivity contribution in [2.75, 3.05) is 11.9 Å². The second-order valence-electron chi connectivity index (χ2n) is 3.10. The largest absolute Gasteiger partial charge is 0.478 e. The zero-order valence-corrected chi connectivity index (χ0v) is 9.07. The second-order valence-corrected chi connectivity index (χ2v) is 3.10. The summed E-state index contributed by atoms with van der Waals surface area (Å²) in [4.78, 5) is 21.7. The Kier molecular flexibility index (Phi) is 4.36. The van der Waals surface area contributed by atoms with Gasteiger partial charge in [-0.25, -0.2) is 18.4 Å². The average Bonchev–Trinajstić information content (AvgIpc) is 2.31. The van der Waals surface area contributed by atoms with Crippen LogP contribution in [0.25, 0.3) is 0 Å². The molecule has 2 N–H and O–H groups in total. The van der Waals surface area contributed by atoms with Crippen LogP contribution in [0.2, 0.25) is 0 Å². The first-order valence-electron chi connectivity index (χ1n) is 4.73. The minimum atomic E-state index is -1.57. The van der Waals surface area contributed by atoms with Crippen molar-refractivity contribution in [2.45, 2.75) is 0 Å². The molecule has 0 atom stereocenters. The van der Waals surface area contributed by atoms with Gasteiger partial charge in [0.1, 0.15) is 18.1 Å². The standard InChI is InChI=1S/C11H9F2NO4/c1-2-5-18-11(17)14-9-7(12)4-3-6(8(9)13)10(15)16/h2-4H,1,5H2,(H,14,17)(H,15,16). The fourth-order valence-corrected chi connectivity index (χ4v) is 1.11. The number of carbonyl (C=O) groups is 2. The highest BCUT2D eigenvalue weighted by molar-refractivity contribution is 5.92. The van der Waals surface area contributed by atoms with Crippen LogP contribution in [0.4, 0.5) is 19.3 Å². The molecule has 0 aliphatic rings. The maximum Gasteiger partial charge on any atom is 0.412 e. The van der Waals surface area contributed by atoms with Crippen molar-refractivity contribution in [1.82, 2.24) is 0 Å². The van der Waals surface area contributed by atoms with Crippen LogP contribution in [-0.2, 0) is 4.74 Å². The van der Waals surface area contributed by atoms with E-state index in [1.807, 2.05) is 0 Å². The quantitative estimate of drug-likeness (QED) is 0.812. The molecule has 18 heavy (non-hydrogen) atoms. The van der Waals surface area contributed by atoms with Crippen LogP contribution in [-0.4, -0.2) is 23.8 Å². The van der Waals surface area contributed by atoms with Crippen molar-refractivity contribution in [3.05, 3.63) is 42.0 Å². The SMILES string of the molecule is C=CCOC(=O)Nc1c(F)ccc(C(=O)O)c1F. The molecule has 0 aromatic heterocycles. The molecule has 1 amide bonds. The van der Waals surface area contributed by atoms with Gasteiger partial charge in [-0.05, 0) is 12.1 Å². The number of aromatic carboxylic acids is 1. The van der Waals surface area contributed by atoms with Crippen LogP contribution in [0.15, 0.2) is 24.8 Å². The number of carboxylic acid groups (broad SMARTS) is 1. The van der Waals surface area contributed by atoms with Gasteiger partial charge >= 0.3 is 12.1 Å². The highest BCUT2D eigenvalue weighted by atomic mass is 19.1. The lowest BCUT2D eigenvalue weighted by Crippen LogP contribution is -2.17. The van der Waals surface area contributed by atoms with Gasteiger partial charge in [-0.1, -0.05) is 12.7 Å². The van der Waals surface area contributed by atoms with Crippen molar-refractivity contribution in [3.63, 3.8) is 0 Å². The molecule has 0 radical (unpaired) electrons. The van der Waals surface area contributed by atoms with Gasteiger partial charge in [0.25, 0.3) is 0 Å². The van der Waals surface area contributed by atoms with E-state index in [0.717, 1.165) is 12.1 Å². The normalized spacial score (nSPS) is 9.67. The average molecular weight is 257 g/mol. The van der Waals surface area contributed by atoms with Gasteiger partial charge in [-0.15, -0.1) is 0 Å². The molecule has 1 aromatic carbocycles. The highest BCUT2D eigenvalue weighted by Gasteiger charge is 2.20. The number of ether oxygens (including phenoxy) is 1. The van der Waals surface area contributed by atoms with Gasteiger partial charge in [0.05, 0.1) is 5.56 Å². The summed E-state index contributed by atoms with van der Waals surface area (Å²) in [7, 11) is 0. The first kappa shape index (κ1) is 13.6. The third-order valence-corrected chi connectivity index (χ3v) is 1.88. The lowest BCUT2D eigenvalue weighted by atomic mass is 10.2. The number of hydrogen-bond donors (Lipinski definition) is 2. The van der Waals surface area contributed by atoms with E-state index in [1.54, 1.807) is 5.32 Å². The van der Waals surface area contributed by atoms with E-state index in [0.29, 0.717) is 0 Å². The predicted octanol–water partition coefficient (Wildman–Crippen LogP) is 2.40. The Morgan fingerprint density at radius 2 is 2.11 bits per heavy atom. The fraction of sp³-hybridized carbons (Fsp3) is 0.0909. The number of rotatable bonds is 4. The molecule has 0 bridgehead atoms. The smallest absolute Gasteiger partial charge is 0.412 e. The summed E-state index contributed by atoms with van der Waals surface area (Å²) >= 11 is 0. The number of nitrogens with one attached hydrogen (secondary N) is 1. The molecule has 0 fully saturated rings. The van der Waals surface area contributed by atoms with E-state index in [4.69, 9.17) is 5.11 Å². The Labute approximate surface area is 101 Å². The van der Waals surface area contributed by atoms with Crippen molar-refractivity contribution in [3.8, 4) is 0 Å². The summed E-state index contributed by atoms with van der Waals surface area (Å²) < 4.78 is 31.3. The van der Waals surface area contributed by atoms with Crippen LogP contribution in [0.1, 0.15) is 10.4 Å². The van der Waals surface area contributed by atoms with Crippen LogP contribution in [0.3, 0.4) is 0 Å². The summed E-state index contributed by atoms with van der Waals surface area (Å²) in [5.41, 5.74) is -1.63. The number of carbonyl (C=O) groups excluding carboxylic acids is 1. The second kappa shape index (κ2) is 5.76. The molecule has 0 saturated heterocycles. The molecule has 1 aromatic rings. The van der Waals surface area contributed by atoms with Gasteiger partial charge in [0, 0.05) is 0 Å². The summed E-state index contributed by atoms with van der Waals surface area (Å²) in [5.74, 6) is -4.05. The van der Waals surface area contributed by atoms with Crippen LogP contribution in [0, 0.1) is 11.6 Å². The molecule has 5 nitrogen and oxygen atoms in total. The molecule has 7 heteroatoms. The summed E-state index contributed by atoms with van der Waals surface area (Å²) in [6.07, 6.45) is 0.148. The summed E-state index contributed by atoms with van der Waals surface area (Å²) in [6.45, 7) is 3.14. The molecule has 0 unspecified atom stereocenters. The zero-order chi connectivity index (χ0) is 13.7. The summed E-state index contributed by atoms with van der Waals surface area (Å²) in [5, 5.41) is 10.4. The predicted molar refractivity (Wildman–Crippen MR) is 58.5 cm³/mol. The topological polar surface area (TPSA) is 75.6 Å². The third kappa shape index (κ3) is 3.03. The lowest BCUT2D eigenvalue weighted by Gasteiger charge is -2.08. The lowest BCUT2D eigenvalue weighted by molar-refractivity contribution is 0.0691. The Morgan fingerprint density at radius 1 is 1.44 bits per heavy atom. The highest BCUT2D eigenvalue weighted by Crippen LogP contribution is 2.22. The number of anilines is 1. The van der Waals surface area contributed by atoms with Crippen LogP contribution < -0.4 is 5.32 Å². The van der Waals surface area contributed by atoms with E-state index in [-0.39, 0.29) is 6.61 Å². The van der Waals surface area contributed by atoms with Gasteiger partial charge in [0.15, 0.2) is 5.82 Å². The van der Waals surface area contributed by atoms with Gasteiger partial charge in [-0.3, -0.25) is 5.32 Å². The van der Waals surface area contributed by atoms with E-state index in [2.05, 4.69) is 11.3 Å². The first-order valence-corrected chi connectivity index (χ1v) is 4.73. The minimum absolute atomic E-state index is 0.145. The number of halogens is 2. The van der Waals surface area contributed by atoms with Crippen molar-refractivity contribution in [2.24, 2.45) is 0 Å². The van der Waals surface area contributed by atoms with E-state index in [1.165, 1.54) is 6.08 Å². The Bertz CT molecular complexity index is 502. The Hall–Kier alpha value is -2.44. The van der Waals surface area contributed by atoms with Gasteiger partial charge < -0.3 is 9.84 Å². The van der Waals surface area contributed by atoms with Crippen LogP contribution >= 0.6 is 0 Å². The van der Waals surface area contributed by atoms with Crippen molar-refractivity contribution >= 4 is 17.7 Å². The zero-order valence-electron chi connectivity index (χ0n) is 9.07. The molecule has 0 aliphatic carbocycles. The molecule has 0 spiro atoms. The third-order valence-electron chi connectivity index (χ3n) is 1.88. The molecule has 96 valence electrons. The van der Waals surface area contributed by atoms with Crippen molar-refractivity contribution in [1.29, 1.82) is 0 Å². The first-order chi connectivity index (χ1) is 8.47. The van der Waals surface area contributed by atoms with Gasteiger partial charge in [0.2, 0.25) is 0 Å². The minimum Gasteiger partial charge on any atom is -0.478 e. The molecular formula is C11H9F2NO4. The summed E-state index contributed by atoms with van der Waals surface area (Å²) in [6, 6.07) is 1.49. The molecule has 0 saturated carbocycles.